The summed E-state index contributed by atoms with van der Waals surface area (Å²) in [6.07, 6.45) is 5.57. The lowest BCUT2D eigenvalue weighted by atomic mass is 10.00. The molecule has 1 N–H and O–H groups in total. The van der Waals surface area contributed by atoms with Gasteiger partial charge in [-0.3, -0.25) is 0 Å². The number of sulfone groups is 1. The number of hydrogen-bond donors (Lipinski definition) is 1. The van der Waals surface area contributed by atoms with Gasteiger partial charge in [0.2, 0.25) is 0 Å². The zero-order valence-corrected chi connectivity index (χ0v) is 9.96. The van der Waals surface area contributed by atoms with E-state index < -0.39 is 9.84 Å². The van der Waals surface area contributed by atoms with Gasteiger partial charge in [0.25, 0.3) is 0 Å². The highest BCUT2D eigenvalue weighted by Gasteiger charge is 2.28. The van der Waals surface area contributed by atoms with Gasteiger partial charge in [0.1, 0.15) is 5.03 Å². The third-order valence-corrected chi connectivity index (χ3v) is 5.22. The van der Waals surface area contributed by atoms with E-state index in [9.17, 15) is 8.42 Å². The highest BCUT2D eigenvalue weighted by Crippen LogP contribution is 2.29. The Balaban J connectivity index is 1.94. The van der Waals surface area contributed by atoms with Crippen LogP contribution in [0.15, 0.2) is 17.3 Å². The smallest absolute Gasteiger partial charge is 0.195 e. The van der Waals surface area contributed by atoms with Crippen molar-refractivity contribution in [1.29, 1.82) is 0 Å². The molecular weight excluding hydrogens is 224 g/mol. The normalized spacial score (nSPS) is 27.9. The second-order valence-corrected chi connectivity index (χ2v) is 6.68. The Morgan fingerprint density at radius 1 is 1.38 bits per heavy atom. The number of hydrogen-bond acceptors (Lipinski definition) is 3. The minimum atomic E-state index is -2.99. The molecule has 0 radical (unpaired) electrons. The highest BCUT2D eigenvalue weighted by atomic mass is 32.2. The van der Waals surface area contributed by atoms with Crippen LogP contribution in [0, 0.1) is 0 Å². The van der Waals surface area contributed by atoms with Crippen LogP contribution < -0.4 is 5.32 Å². The lowest BCUT2D eigenvalue weighted by molar-refractivity contribution is 0.412. The van der Waals surface area contributed by atoms with E-state index in [-0.39, 0.29) is 5.75 Å². The standard InChI is InChI=1S/C11H16N2O2S/c14-16(15)6-5-13-8-9(7-11(13)16)10-3-1-2-4-12-10/h7-8,10,12H,1-6H2. The van der Waals surface area contributed by atoms with Crippen LogP contribution >= 0.6 is 0 Å². The van der Waals surface area contributed by atoms with Crippen LogP contribution in [0.1, 0.15) is 30.9 Å². The van der Waals surface area contributed by atoms with Crippen LogP contribution in [0.4, 0.5) is 0 Å². The second kappa shape index (κ2) is 3.60. The van der Waals surface area contributed by atoms with Gasteiger partial charge in [-0.25, -0.2) is 8.42 Å². The summed E-state index contributed by atoms with van der Waals surface area (Å²) in [7, 11) is -2.99. The predicted molar refractivity (Wildman–Crippen MR) is 61.1 cm³/mol. The van der Waals surface area contributed by atoms with E-state index in [0.29, 0.717) is 17.6 Å². The number of piperidine rings is 1. The van der Waals surface area contributed by atoms with Crippen molar-refractivity contribution in [3.63, 3.8) is 0 Å². The van der Waals surface area contributed by atoms with E-state index >= 15 is 0 Å². The number of fused-ring (bicyclic) bond motifs is 1. The minimum absolute atomic E-state index is 0.265. The van der Waals surface area contributed by atoms with Crippen molar-refractivity contribution in [2.75, 3.05) is 12.3 Å². The van der Waals surface area contributed by atoms with E-state index in [1.54, 1.807) is 0 Å². The van der Waals surface area contributed by atoms with Crippen molar-refractivity contribution >= 4 is 9.84 Å². The molecule has 3 rings (SSSR count). The molecule has 0 aromatic carbocycles. The fourth-order valence-electron chi connectivity index (χ4n) is 2.60. The average molecular weight is 240 g/mol. The predicted octanol–water partition coefficient (Wildman–Crippen LogP) is 1.09. The molecule has 0 amide bonds. The van der Waals surface area contributed by atoms with Crippen molar-refractivity contribution in [3.8, 4) is 0 Å². The molecule has 1 saturated heterocycles. The Labute approximate surface area is 95.6 Å². The molecule has 16 heavy (non-hydrogen) atoms. The van der Waals surface area contributed by atoms with Gasteiger partial charge in [-0.1, -0.05) is 6.42 Å². The summed E-state index contributed by atoms with van der Waals surface area (Å²) in [6.45, 7) is 1.66. The van der Waals surface area contributed by atoms with Crippen LogP contribution in [-0.2, 0) is 16.4 Å². The summed E-state index contributed by atoms with van der Waals surface area (Å²) in [5.74, 6) is 0.265. The topological polar surface area (TPSA) is 51.1 Å². The van der Waals surface area contributed by atoms with Crippen molar-refractivity contribution in [3.05, 3.63) is 17.8 Å². The molecule has 3 heterocycles. The molecule has 0 saturated carbocycles. The molecule has 1 atom stereocenters. The maximum atomic E-state index is 11.7. The monoisotopic (exact) mass is 240 g/mol. The first-order valence-corrected chi connectivity index (χ1v) is 7.48. The Hall–Kier alpha value is -0.810. The molecular formula is C11H16N2O2S. The Morgan fingerprint density at radius 2 is 2.25 bits per heavy atom. The molecule has 2 aliphatic heterocycles. The molecule has 2 aliphatic rings. The van der Waals surface area contributed by atoms with Gasteiger partial charge in [-0.15, -0.1) is 0 Å². The Bertz CT molecular complexity index is 498. The molecule has 0 aliphatic carbocycles. The molecule has 4 nitrogen and oxygen atoms in total. The number of aryl methyl sites for hydroxylation is 1. The minimum Gasteiger partial charge on any atom is -0.337 e. The van der Waals surface area contributed by atoms with Gasteiger partial charge in [0.05, 0.1) is 5.75 Å². The third-order valence-electron chi connectivity index (χ3n) is 3.51. The molecule has 88 valence electrons. The molecule has 0 spiro atoms. The van der Waals surface area contributed by atoms with Gasteiger partial charge in [-0.2, -0.15) is 0 Å². The quantitative estimate of drug-likeness (QED) is 0.799. The molecule has 1 fully saturated rings. The van der Waals surface area contributed by atoms with Crippen LogP contribution in [-0.4, -0.2) is 25.3 Å². The summed E-state index contributed by atoms with van der Waals surface area (Å²) >= 11 is 0. The largest absolute Gasteiger partial charge is 0.337 e. The van der Waals surface area contributed by atoms with Gasteiger partial charge >= 0.3 is 0 Å². The summed E-state index contributed by atoms with van der Waals surface area (Å²) in [4.78, 5) is 0. The molecule has 0 bridgehead atoms. The van der Waals surface area contributed by atoms with E-state index in [1.165, 1.54) is 12.8 Å². The van der Waals surface area contributed by atoms with Gasteiger partial charge in [-0.05, 0) is 31.0 Å². The van der Waals surface area contributed by atoms with Crippen molar-refractivity contribution in [1.82, 2.24) is 9.88 Å². The van der Waals surface area contributed by atoms with Gasteiger partial charge < -0.3 is 9.88 Å². The number of nitrogens with one attached hydrogen (secondary N) is 1. The molecule has 5 heteroatoms. The van der Waals surface area contributed by atoms with Crippen molar-refractivity contribution in [2.45, 2.75) is 36.9 Å². The van der Waals surface area contributed by atoms with E-state index in [1.807, 2.05) is 16.8 Å². The van der Waals surface area contributed by atoms with Crippen LogP contribution in [0.5, 0.6) is 0 Å². The maximum absolute atomic E-state index is 11.7. The zero-order chi connectivity index (χ0) is 11.2. The number of rotatable bonds is 1. The van der Waals surface area contributed by atoms with Crippen LogP contribution in [0.2, 0.25) is 0 Å². The van der Waals surface area contributed by atoms with Crippen LogP contribution in [0.3, 0.4) is 0 Å². The molecule has 1 aromatic rings. The summed E-state index contributed by atoms with van der Waals surface area (Å²) < 4.78 is 25.3. The SMILES string of the molecule is O=S1(=O)CCn2cc(C3CCCCN3)cc21. The maximum Gasteiger partial charge on any atom is 0.195 e. The fourth-order valence-corrected chi connectivity index (χ4v) is 4.06. The van der Waals surface area contributed by atoms with Crippen molar-refractivity contribution in [2.24, 2.45) is 0 Å². The van der Waals surface area contributed by atoms with E-state index in [4.69, 9.17) is 0 Å². The summed E-state index contributed by atoms with van der Waals surface area (Å²) in [6, 6.07) is 2.20. The first-order chi connectivity index (χ1) is 7.67. The number of aromatic nitrogens is 1. The zero-order valence-electron chi connectivity index (χ0n) is 9.15. The number of nitrogens with zero attached hydrogens (tertiary/aromatic N) is 1. The fraction of sp³-hybridized carbons (Fsp3) is 0.636. The van der Waals surface area contributed by atoms with E-state index in [0.717, 1.165) is 18.5 Å². The lowest BCUT2D eigenvalue weighted by Crippen LogP contribution is -2.26. The summed E-state index contributed by atoms with van der Waals surface area (Å²) in [5, 5.41) is 3.95. The van der Waals surface area contributed by atoms with Crippen LogP contribution in [0.25, 0.3) is 0 Å². The Morgan fingerprint density at radius 3 is 2.94 bits per heavy atom. The first kappa shape index (κ1) is 10.4. The highest BCUT2D eigenvalue weighted by molar-refractivity contribution is 7.91. The van der Waals surface area contributed by atoms with Gasteiger partial charge in [0, 0.05) is 18.8 Å². The average Bonchev–Trinajstić information content (AvgIpc) is 2.82. The Kier molecular flexibility index (Phi) is 2.33. The van der Waals surface area contributed by atoms with E-state index in [2.05, 4.69) is 5.32 Å². The lowest BCUT2D eigenvalue weighted by Gasteiger charge is -2.22. The molecule has 1 aromatic heterocycles. The molecule has 1 unspecified atom stereocenters. The van der Waals surface area contributed by atoms with Crippen molar-refractivity contribution < 1.29 is 8.42 Å². The van der Waals surface area contributed by atoms with Gasteiger partial charge in [0.15, 0.2) is 9.84 Å². The third kappa shape index (κ3) is 1.58. The second-order valence-electron chi connectivity index (χ2n) is 4.63. The first-order valence-electron chi connectivity index (χ1n) is 5.83. The summed E-state index contributed by atoms with van der Waals surface area (Å²) in [5.41, 5.74) is 1.14.